The Morgan fingerprint density at radius 2 is 2.19 bits per heavy atom. The maximum atomic E-state index is 13.5. The SMILES string of the molecule is Cc1cnc(C(=O)N2CCCSc3ccc(F)cc32)cn1. The summed E-state index contributed by atoms with van der Waals surface area (Å²) in [6.07, 6.45) is 3.88. The number of thioether (sulfide) groups is 1. The van der Waals surface area contributed by atoms with Crippen LogP contribution in [0, 0.1) is 12.7 Å². The number of hydrogen-bond acceptors (Lipinski definition) is 4. The quantitative estimate of drug-likeness (QED) is 0.812. The number of halogens is 1. The van der Waals surface area contributed by atoms with E-state index in [1.807, 2.05) is 6.92 Å². The van der Waals surface area contributed by atoms with Crippen LogP contribution in [0.2, 0.25) is 0 Å². The Morgan fingerprint density at radius 3 is 2.95 bits per heavy atom. The zero-order chi connectivity index (χ0) is 14.8. The summed E-state index contributed by atoms with van der Waals surface area (Å²) in [6, 6.07) is 4.56. The number of rotatable bonds is 1. The van der Waals surface area contributed by atoms with Gasteiger partial charge in [0, 0.05) is 17.6 Å². The van der Waals surface area contributed by atoms with E-state index in [1.54, 1.807) is 28.9 Å². The molecule has 1 aliphatic rings. The van der Waals surface area contributed by atoms with Crippen molar-refractivity contribution in [3.05, 3.63) is 47.8 Å². The minimum atomic E-state index is -0.343. The number of aromatic nitrogens is 2. The van der Waals surface area contributed by atoms with Gasteiger partial charge in [0.1, 0.15) is 11.5 Å². The molecule has 0 unspecified atom stereocenters. The average Bonchev–Trinajstić information content (AvgIpc) is 2.69. The fraction of sp³-hybridized carbons (Fsp3) is 0.267. The molecular formula is C15H14FN3OS. The minimum Gasteiger partial charge on any atom is -0.306 e. The van der Waals surface area contributed by atoms with Crippen LogP contribution in [0.5, 0.6) is 0 Å². The number of aryl methyl sites for hydroxylation is 1. The molecule has 4 nitrogen and oxygen atoms in total. The highest BCUT2D eigenvalue weighted by atomic mass is 32.2. The van der Waals surface area contributed by atoms with Crippen molar-refractivity contribution in [2.45, 2.75) is 18.2 Å². The number of nitrogens with zero attached hydrogens (tertiary/aromatic N) is 3. The van der Waals surface area contributed by atoms with Gasteiger partial charge < -0.3 is 4.90 Å². The molecule has 0 saturated carbocycles. The third kappa shape index (κ3) is 2.90. The molecule has 1 aromatic carbocycles. The predicted molar refractivity (Wildman–Crippen MR) is 80.2 cm³/mol. The Bertz CT molecular complexity index is 675. The minimum absolute atomic E-state index is 0.239. The largest absolute Gasteiger partial charge is 0.306 e. The number of carbonyl (C=O) groups is 1. The molecule has 21 heavy (non-hydrogen) atoms. The fourth-order valence-corrected chi connectivity index (χ4v) is 3.18. The van der Waals surface area contributed by atoms with Crippen molar-refractivity contribution in [2.24, 2.45) is 0 Å². The first-order chi connectivity index (χ1) is 10.1. The summed E-state index contributed by atoms with van der Waals surface area (Å²) in [4.78, 5) is 23.4. The molecular weight excluding hydrogens is 289 g/mol. The zero-order valence-corrected chi connectivity index (χ0v) is 12.4. The van der Waals surface area contributed by atoms with Gasteiger partial charge in [0.15, 0.2) is 0 Å². The molecule has 2 aromatic rings. The monoisotopic (exact) mass is 303 g/mol. The van der Waals surface area contributed by atoms with E-state index in [1.165, 1.54) is 18.3 Å². The highest BCUT2D eigenvalue weighted by Gasteiger charge is 2.24. The van der Waals surface area contributed by atoms with Gasteiger partial charge in [0.2, 0.25) is 0 Å². The Balaban J connectivity index is 2.00. The van der Waals surface area contributed by atoms with Crippen molar-refractivity contribution < 1.29 is 9.18 Å². The molecule has 0 atom stereocenters. The first-order valence-electron chi connectivity index (χ1n) is 6.68. The normalized spacial score (nSPS) is 14.5. The lowest BCUT2D eigenvalue weighted by Gasteiger charge is -2.22. The number of benzene rings is 1. The summed E-state index contributed by atoms with van der Waals surface area (Å²) in [5.74, 6) is 0.322. The van der Waals surface area contributed by atoms with Crippen LogP contribution in [-0.2, 0) is 0 Å². The van der Waals surface area contributed by atoms with Crippen LogP contribution in [0.3, 0.4) is 0 Å². The number of hydrogen-bond donors (Lipinski definition) is 0. The first-order valence-corrected chi connectivity index (χ1v) is 7.66. The fourth-order valence-electron chi connectivity index (χ4n) is 2.20. The van der Waals surface area contributed by atoms with Crippen molar-refractivity contribution in [3.63, 3.8) is 0 Å². The summed E-state index contributed by atoms with van der Waals surface area (Å²) >= 11 is 1.64. The van der Waals surface area contributed by atoms with Gasteiger partial charge in [-0.15, -0.1) is 11.8 Å². The molecule has 2 heterocycles. The highest BCUT2D eigenvalue weighted by molar-refractivity contribution is 7.99. The standard InChI is InChI=1S/C15H14FN3OS/c1-10-8-18-12(9-17-10)15(20)19-5-2-6-21-14-4-3-11(16)7-13(14)19/h3-4,7-9H,2,5-6H2,1H3. The Morgan fingerprint density at radius 1 is 1.33 bits per heavy atom. The lowest BCUT2D eigenvalue weighted by atomic mass is 10.2. The predicted octanol–water partition coefficient (Wildman–Crippen LogP) is 3.07. The van der Waals surface area contributed by atoms with E-state index in [4.69, 9.17) is 0 Å². The van der Waals surface area contributed by atoms with Crippen LogP contribution >= 0.6 is 11.8 Å². The first kappa shape index (κ1) is 14.0. The topological polar surface area (TPSA) is 46.1 Å². The molecule has 0 N–H and O–H groups in total. The lowest BCUT2D eigenvalue weighted by molar-refractivity contribution is 0.0981. The zero-order valence-electron chi connectivity index (χ0n) is 11.5. The van der Waals surface area contributed by atoms with Gasteiger partial charge in [-0.05, 0) is 37.3 Å². The van der Waals surface area contributed by atoms with Gasteiger partial charge in [-0.25, -0.2) is 9.37 Å². The van der Waals surface area contributed by atoms with E-state index in [0.717, 1.165) is 22.8 Å². The molecule has 3 rings (SSSR count). The van der Waals surface area contributed by atoms with Gasteiger partial charge in [0.05, 0.1) is 17.6 Å². The van der Waals surface area contributed by atoms with Crippen molar-refractivity contribution in [1.82, 2.24) is 9.97 Å². The van der Waals surface area contributed by atoms with E-state index >= 15 is 0 Å². The highest BCUT2D eigenvalue weighted by Crippen LogP contribution is 2.34. The van der Waals surface area contributed by atoms with Crippen LogP contribution in [0.15, 0.2) is 35.5 Å². The Hall–Kier alpha value is -1.95. The van der Waals surface area contributed by atoms with Gasteiger partial charge >= 0.3 is 0 Å². The molecule has 108 valence electrons. The molecule has 0 radical (unpaired) electrons. The van der Waals surface area contributed by atoms with Crippen molar-refractivity contribution in [2.75, 3.05) is 17.2 Å². The Kier molecular flexibility index (Phi) is 3.88. The van der Waals surface area contributed by atoms with Crippen molar-refractivity contribution in [3.8, 4) is 0 Å². The molecule has 1 aromatic heterocycles. The molecule has 0 spiro atoms. The third-order valence-corrected chi connectivity index (χ3v) is 4.39. The van der Waals surface area contributed by atoms with Crippen LogP contribution in [0.4, 0.5) is 10.1 Å². The second-order valence-corrected chi connectivity index (χ2v) is 5.95. The lowest BCUT2D eigenvalue weighted by Crippen LogP contribution is -2.32. The molecule has 6 heteroatoms. The van der Waals surface area contributed by atoms with E-state index in [2.05, 4.69) is 9.97 Å². The summed E-state index contributed by atoms with van der Waals surface area (Å²) in [6.45, 7) is 2.37. The van der Waals surface area contributed by atoms with Crippen LogP contribution in [0.1, 0.15) is 22.6 Å². The number of fused-ring (bicyclic) bond motifs is 1. The Labute approximate surface area is 126 Å². The van der Waals surface area contributed by atoms with E-state index < -0.39 is 0 Å². The second-order valence-electron chi connectivity index (χ2n) is 4.81. The van der Waals surface area contributed by atoms with Gasteiger partial charge in [-0.1, -0.05) is 0 Å². The summed E-state index contributed by atoms with van der Waals surface area (Å²) in [7, 11) is 0. The molecule has 0 saturated heterocycles. The van der Waals surface area contributed by atoms with Crippen molar-refractivity contribution in [1.29, 1.82) is 0 Å². The smallest absolute Gasteiger partial charge is 0.278 e. The van der Waals surface area contributed by atoms with Crippen molar-refractivity contribution >= 4 is 23.4 Å². The molecule has 0 bridgehead atoms. The van der Waals surface area contributed by atoms with E-state index in [-0.39, 0.29) is 17.4 Å². The van der Waals surface area contributed by atoms with E-state index in [9.17, 15) is 9.18 Å². The molecule has 1 aliphatic heterocycles. The van der Waals surface area contributed by atoms with Crippen LogP contribution in [0.25, 0.3) is 0 Å². The molecule has 0 fully saturated rings. The van der Waals surface area contributed by atoms with Crippen LogP contribution in [-0.4, -0.2) is 28.2 Å². The van der Waals surface area contributed by atoms with Gasteiger partial charge in [0.25, 0.3) is 5.91 Å². The third-order valence-electron chi connectivity index (χ3n) is 3.24. The number of anilines is 1. The molecule has 0 aliphatic carbocycles. The van der Waals surface area contributed by atoms with Crippen LogP contribution < -0.4 is 4.90 Å². The van der Waals surface area contributed by atoms with Gasteiger partial charge in [-0.3, -0.25) is 9.78 Å². The summed E-state index contributed by atoms with van der Waals surface area (Å²) in [5.41, 5.74) is 1.65. The maximum Gasteiger partial charge on any atom is 0.278 e. The maximum absolute atomic E-state index is 13.5. The van der Waals surface area contributed by atoms with Gasteiger partial charge in [-0.2, -0.15) is 0 Å². The number of amides is 1. The summed E-state index contributed by atoms with van der Waals surface area (Å²) < 4.78 is 13.5. The van der Waals surface area contributed by atoms with E-state index in [0.29, 0.717) is 12.2 Å². The average molecular weight is 303 g/mol. The molecule has 1 amide bonds. The second kappa shape index (κ2) is 5.81. The number of carbonyl (C=O) groups excluding carboxylic acids is 1. The summed E-state index contributed by atoms with van der Waals surface area (Å²) in [5, 5.41) is 0.